The minimum Gasteiger partial charge on any atom is -0.507 e. The van der Waals surface area contributed by atoms with Crippen molar-refractivity contribution in [1.29, 1.82) is 0 Å². The second-order valence-electron chi connectivity index (χ2n) is 6.64. The zero-order chi connectivity index (χ0) is 21.0. The maximum atomic E-state index is 12.4. The first-order valence-electron chi connectivity index (χ1n) is 8.95. The van der Waals surface area contributed by atoms with Crippen molar-refractivity contribution in [3.8, 4) is 5.75 Å². The molecular weight excluding hydrogens is 390 g/mol. The lowest BCUT2D eigenvalue weighted by atomic mass is 10.1. The van der Waals surface area contributed by atoms with E-state index in [0.29, 0.717) is 16.4 Å². The van der Waals surface area contributed by atoms with Gasteiger partial charge < -0.3 is 10.4 Å². The molecule has 0 atom stereocenters. The summed E-state index contributed by atoms with van der Waals surface area (Å²) in [5.41, 5.74) is 4.31. The van der Waals surface area contributed by atoms with Gasteiger partial charge in [-0.25, -0.2) is 5.43 Å². The quantitative estimate of drug-likeness (QED) is 0.423. The van der Waals surface area contributed by atoms with E-state index in [9.17, 15) is 14.7 Å². The van der Waals surface area contributed by atoms with Gasteiger partial charge in [0, 0.05) is 16.4 Å². The molecule has 0 aliphatic rings. The number of carbonyl (C=O) groups is 2. The number of fused-ring (bicyclic) bond motifs is 1. The first kappa shape index (κ1) is 20.4. The number of rotatable bonds is 5. The van der Waals surface area contributed by atoms with Crippen LogP contribution in [0.4, 0.5) is 5.69 Å². The van der Waals surface area contributed by atoms with Crippen LogP contribution in [0.25, 0.3) is 10.8 Å². The second kappa shape index (κ2) is 8.75. The highest BCUT2D eigenvalue weighted by Gasteiger charge is 2.13. The molecule has 0 bridgehead atoms. The van der Waals surface area contributed by atoms with Gasteiger partial charge in [0.25, 0.3) is 5.91 Å². The molecule has 7 heteroatoms. The van der Waals surface area contributed by atoms with Crippen molar-refractivity contribution in [2.24, 2.45) is 5.10 Å². The maximum Gasteiger partial charge on any atom is 0.275 e. The van der Waals surface area contributed by atoms with Crippen LogP contribution >= 0.6 is 11.6 Å². The first-order chi connectivity index (χ1) is 13.8. The standard InChI is InChI=1S/C22H20ClN3O3/c1-13(10-21(28)24-19-9-5-8-18(23)14(19)2)25-26-22(29)17-11-15-6-3-4-7-16(15)12-20(17)27/h3-9,11-12,27H,10H2,1-2H3,(H,24,28)(H,26,29). The van der Waals surface area contributed by atoms with Gasteiger partial charge >= 0.3 is 0 Å². The summed E-state index contributed by atoms with van der Waals surface area (Å²) in [6, 6.07) is 15.8. The Kier molecular flexibility index (Phi) is 6.14. The molecule has 0 aliphatic carbocycles. The summed E-state index contributed by atoms with van der Waals surface area (Å²) in [5, 5.41) is 19.1. The largest absolute Gasteiger partial charge is 0.507 e. The molecule has 6 nitrogen and oxygen atoms in total. The van der Waals surface area contributed by atoms with E-state index in [-0.39, 0.29) is 23.6 Å². The number of phenols is 1. The number of phenolic OH excluding ortho intramolecular Hbond substituents is 1. The fraction of sp³-hybridized carbons (Fsp3) is 0.136. The maximum absolute atomic E-state index is 12.4. The van der Waals surface area contributed by atoms with Crippen LogP contribution in [0.3, 0.4) is 0 Å². The molecule has 3 aromatic rings. The molecule has 0 saturated heterocycles. The average Bonchev–Trinajstić information content (AvgIpc) is 2.69. The third kappa shape index (κ3) is 4.92. The SMILES string of the molecule is CC(CC(=O)Nc1cccc(Cl)c1C)=NNC(=O)c1cc2ccccc2cc1O. The molecule has 148 valence electrons. The lowest BCUT2D eigenvalue weighted by Crippen LogP contribution is -2.21. The smallest absolute Gasteiger partial charge is 0.275 e. The number of carbonyl (C=O) groups excluding carboxylic acids is 2. The minimum atomic E-state index is -0.557. The number of nitrogens with one attached hydrogen (secondary N) is 2. The number of hydrogen-bond donors (Lipinski definition) is 3. The highest BCUT2D eigenvalue weighted by molar-refractivity contribution is 6.31. The van der Waals surface area contributed by atoms with Crippen molar-refractivity contribution >= 4 is 45.6 Å². The number of nitrogens with zero attached hydrogens (tertiary/aromatic N) is 1. The monoisotopic (exact) mass is 409 g/mol. The van der Waals surface area contributed by atoms with Gasteiger partial charge in [-0.2, -0.15) is 5.10 Å². The zero-order valence-electron chi connectivity index (χ0n) is 16.0. The molecule has 3 rings (SSSR count). The van der Waals surface area contributed by atoms with Gasteiger partial charge in [-0.15, -0.1) is 0 Å². The van der Waals surface area contributed by atoms with E-state index in [4.69, 9.17) is 11.6 Å². The Balaban J connectivity index is 1.65. The number of amides is 2. The molecule has 0 unspecified atom stereocenters. The second-order valence-corrected chi connectivity index (χ2v) is 7.05. The van der Waals surface area contributed by atoms with Crippen molar-refractivity contribution in [1.82, 2.24) is 5.43 Å². The summed E-state index contributed by atoms with van der Waals surface area (Å²) < 4.78 is 0. The van der Waals surface area contributed by atoms with Gasteiger partial charge in [0.2, 0.25) is 5.91 Å². The van der Waals surface area contributed by atoms with Gasteiger partial charge in [-0.1, -0.05) is 41.9 Å². The molecule has 0 aromatic heterocycles. The van der Waals surface area contributed by atoms with E-state index < -0.39 is 5.91 Å². The Hall–Kier alpha value is -3.38. The van der Waals surface area contributed by atoms with Gasteiger partial charge in [-0.3, -0.25) is 9.59 Å². The summed E-state index contributed by atoms with van der Waals surface area (Å²) in [6.07, 6.45) is -0.00403. The van der Waals surface area contributed by atoms with Crippen molar-refractivity contribution in [2.45, 2.75) is 20.3 Å². The Labute approximate surface area is 173 Å². The van der Waals surface area contributed by atoms with Crippen LogP contribution in [0.15, 0.2) is 59.7 Å². The normalized spacial score (nSPS) is 11.3. The third-order valence-corrected chi connectivity index (χ3v) is 4.82. The van der Waals surface area contributed by atoms with Gasteiger partial charge in [-0.05, 0) is 54.4 Å². The van der Waals surface area contributed by atoms with E-state index in [1.165, 1.54) is 6.07 Å². The van der Waals surface area contributed by atoms with Crippen molar-refractivity contribution in [2.75, 3.05) is 5.32 Å². The van der Waals surface area contributed by atoms with Gasteiger partial charge in [0.15, 0.2) is 0 Å². The number of halogens is 1. The summed E-state index contributed by atoms with van der Waals surface area (Å²) in [5.74, 6) is -0.971. The molecule has 0 aliphatic heterocycles. The Bertz CT molecular complexity index is 1130. The van der Waals surface area contributed by atoms with Crippen molar-refractivity contribution < 1.29 is 14.7 Å². The molecule has 29 heavy (non-hydrogen) atoms. The average molecular weight is 410 g/mol. The highest BCUT2D eigenvalue weighted by Crippen LogP contribution is 2.25. The van der Waals surface area contributed by atoms with Crippen LogP contribution in [0.2, 0.25) is 5.02 Å². The number of hydrogen-bond acceptors (Lipinski definition) is 4. The summed E-state index contributed by atoms with van der Waals surface area (Å²) in [4.78, 5) is 24.6. The number of hydrazone groups is 1. The number of benzene rings is 3. The lowest BCUT2D eigenvalue weighted by Gasteiger charge is -2.09. The van der Waals surface area contributed by atoms with Crippen LogP contribution in [-0.4, -0.2) is 22.6 Å². The molecule has 0 saturated carbocycles. The van der Waals surface area contributed by atoms with E-state index >= 15 is 0 Å². The van der Waals surface area contributed by atoms with Crippen LogP contribution in [0, 0.1) is 6.92 Å². The molecule has 0 spiro atoms. The Morgan fingerprint density at radius 3 is 2.48 bits per heavy atom. The molecular formula is C22H20ClN3O3. The third-order valence-electron chi connectivity index (χ3n) is 4.42. The van der Waals surface area contributed by atoms with Crippen LogP contribution in [-0.2, 0) is 4.79 Å². The summed E-state index contributed by atoms with van der Waals surface area (Å²) >= 11 is 6.05. The summed E-state index contributed by atoms with van der Waals surface area (Å²) in [7, 11) is 0. The highest BCUT2D eigenvalue weighted by atomic mass is 35.5. The summed E-state index contributed by atoms with van der Waals surface area (Å²) in [6.45, 7) is 3.44. The van der Waals surface area contributed by atoms with Crippen LogP contribution in [0.1, 0.15) is 29.3 Å². The van der Waals surface area contributed by atoms with Crippen LogP contribution in [0.5, 0.6) is 5.75 Å². The predicted molar refractivity (Wildman–Crippen MR) is 116 cm³/mol. The van der Waals surface area contributed by atoms with Crippen molar-refractivity contribution in [3.05, 3.63) is 70.7 Å². The molecule has 0 radical (unpaired) electrons. The van der Waals surface area contributed by atoms with Crippen LogP contribution < -0.4 is 10.7 Å². The lowest BCUT2D eigenvalue weighted by molar-refractivity contribution is -0.115. The number of aromatic hydroxyl groups is 1. The predicted octanol–water partition coefficient (Wildman–Crippen LogP) is 4.64. The first-order valence-corrected chi connectivity index (χ1v) is 9.33. The topological polar surface area (TPSA) is 90.8 Å². The van der Waals surface area contributed by atoms with E-state index in [1.54, 1.807) is 31.2 Å². The fourth-order valence-corrected chi connectivity index (χ4v) is 3.00. The Morgan fingerprint density at radius 2 is 1.76 bits per heavy atom. The Morgan fingerprint density at radius 1 is 1.07 bits per heavy atom. The fourth-order valence-electron chi connectivity index (χ4n) is 2.83. The zero-order valence-corrected chi connectivity index (χ0v) is 16.7. The van der Waals surface area contributed by atoms with Gasteiger partial charge in [0.05, 0.1) is 12.0 Å². The molecule has 0 heterocycles. The van der Waals surface area contributed by atoms with E-state index in [0.717, 1.165) is 16.3 Å². The van der Waals surface area contributed by atoms with E-state index in [2.05, 4.69) is 15.8 Å². The van der Waals surface area contributed by atoms with Crippen molar-refractivity contribution in [3.63, 3.8) is 0 Å². The molecule has 3 aromatic carbocycles. The number of anilines is 1. The molecule has 3 N–H and O–H groups in total. The van der Waals surface area contributed by atoms with Gasteiger partial charge in [0.1, 0.15) is 5.75 Å². The van der Waals surface area contributed by atoms with E-state index in [1.807, 2.05) is 31.2 Å². The minimum absolute atomic E-state index is 0.00403. The molecule has 0 fully saturated rings. The molecule has 2 amide bonds.